The molecule has 1 unspecified atom stereocenters. The van der Waals surface area contributed by atoms with Gasteiger partial charge in [0.2, 0.25) is 5.91 Å². The highest BCUT2D eigenvalue weighted by molar-refractivity contribution is 9.10. The van der Waals surface area contributed by atoms with Gasteiger partial charge in [-0.2, -0.15) is 0 Å². The van der Waals surface area contributed by atoms with E-state index in [9.17, 15) is 9.18 Å². The second-order valence-corrected chi connectivity index (χ2v) is 3.84. The fraction of sp³-hybridized carbons (Fsp3) is 0.222. The van der Waals surface area contributed by atoms with Gasteiger partial charge in [0, 0.05) is 10.5 Å². The normalized spacial score (nSPS) is 12.2. The van der Waals surface area contributed by atoms with Crippen molar-refractivity contribution in [1.82, 2.24) is 0 Å². The first kappa shape index (κ1) is 11.9. The molecule has 1 rings (SSSR count). The first-order chi connectivity index (χ1) is 6.99. The molecular weight excluding hydrogens is 267 g/mol. The van der Waals surface area contributed by atoms with Gasteiger partial charge in [-0.15, -0.1) is 0 Å². The van der Waals surface area contributed by atoms with Crippen LogP contribution in [0.2, 0.25) is 0 Å². The molecule has 0 bridgehead atoms. The fourth-order valence-electron chi connectivity index (χ4n) is 0.880. The van der Waals surface area contributed by atoms with Crippen LogP contribution in [0.4, 0.5) is 4.39 Å². The molecule has 0 radical (unpaired) electrons. The standard InChI is InChI=1S/C9H10BrFN2O2/c10-5-1-6(11)3-7(2-5)15-4-8(12)9(13)14/h1-3,8H,4,12H2,(H2,13,14). The highest BCUT2D eigenvalue weighted by Crippen LogP contribution is 2.20. The molecule has 0 spiro atoms. The Bertz CT molecular complexity index is 353. The number of nitrogens with two attached hydrogens (primary N) is 2. The number of benzene rings is 1. The van der Waals surface area contributed by atoms with Crippen molar-refractivity contribution in [2.24, 2.45) is 11.5 Å². The first-order valence-corrected chi connectivity index (χ1v) is 4.92. The van der Waals surface area contributed by atoms with E-state index in [0.29, 0.717) is 10.2 Å². The number of halogens is 2. The van der Waals surface area contributed by atoms with Gasteiger partial charge in [-0.1, -0.05) is 15.9 Å². The molecular formula is C9H10BrFN2O2. The molecule has 0 fully saturated rings. The van der Waals surface area contributed by atoms with Gasteiger partial charge >= 0.3 is 0 Å². The van der Waals surface area contributed by atoms with E-state index in [1.165, 1.54) is 12.1 Å². The molecule has 1 aromatic carbocycles. The van der Waals surface area contributed by atoms with Gasteiger partial charge in [-0.05, 0) is 12.1 Å². The van der Waals surface area contributed by atoms with E-state index in [4.69, 9.17) is 16.2 Å². The summed E-state index contributed by atoms with van der Waals surface area (Å²) in [4.78, 5) is 10.6. The second-order valence-electron chi connectivity index (χ2n) is 2.93. The zero-order valence-electron chi connectivity index (χ0n) is 7.74. The van der Waals surface area contributed by atoms with Crippen LogP contribution in [-0.2, 0) is 4.79 Å². The number of hydrogen-bond acceptors (Lipinski definition) is 3. The van der Waals surface area contributed by atoms with E-state index in [1.807, 2.05) is 0 Å². The van der Waals surface area contributed by atoms with Gasteiger partial charge in [0.25, 0.3) is 0 Å². The van der Waals surface area contributed by atoms with Crippen molar-refractivity contribution in [3.8, 4) is 5.75 Å². The van der Waals surface area contributed by atoms with E-state index in [0.717, 1.165) is 0 Å². The Balaban J connectivity index is 2.61. The summed E-state index contributed by atoms with van der Waals surface area (Å²) < 4.78 is 18.5. The first-order valence-electron chi connectivity index (χ1n) is 4.13. The van der Waals surface area contributed by atoms with Crippen molar-refractivity contribution in [2.45, 2.75) is 6.04 Å². The minimum atomic E-state index is -0.896. The molecule has 0 aliphatic heterocycles. The summed E-state index contributed by atoms with van der Waals surface area (Å²) in [6.07, 6.45) is 0. The lowest BCUT2D eigenvalue weighted by atomic mass is 10.3. The number of primary amides is 1. The molecule has 1 amide bonds. The Labute approximate surface area is 94.5 Å². The minimum absolute atomic E-state index is 0.0781. The van der Waals surface area contributed by atoms with E-state index in [2.05, 4.69) is 15.9 Å². The lowest BCUT2D eigenvalue weighted by Crippen LogP contribution is -2.41. The summed E-state index contributed by atoms with van der Waals surface area (Å²) in [6, 6.07) is 3.16. The number of rotatable bonds is 4. The van der Waals surface area contributed by atoms with Crippen molar-refractivity contribution >= 4 is 21.8 Å². The van der Waals surface area contributed by atoms with Gasteiger partial charge in [-0.25, -0.2) is 4.39 Å². The summed E-state index contributed by atoms with van der Waals surface area (Å²) in [6.45, 7) is -0.0781. The predicted octanol–water partition coefficient (Wildman–Crippen LogP) is 0.780. The topological polar surface area (TPSA) is 78.3 Å². The number of amides is 1. The highest BCUT2D eigenvalue weighted by atomic mass is 79.9. The van der Waals surface area contributed by atoms with Crippen LogP contribution in [0.25, 0.3) is 0 Å². The maximum Gasteiger partial charge on any atom is 0.237 e. The van der Waals surface area contributed by atoms with E-state index in [1.54, 1.807) is 6.07 Å². The van der Waals surface area contributed by atoms with Crippen molar-refractivity contribution in [3.05, 3.63) is 28.5 Å². The minimum Gasteiger partial charge on any atom is -0.491 e. The lowest BCUT2D eigenvalue weighted by Gasteiger charge is -2.10. The van der Waals surface area contributed by atoms with Crippen LogP contribution >= 0.6 is 15.9 Å². The molecule has 0 aliphatic carbocycles. The van der Waals surface area contributed by atoms with Crippen molar-refractivity contribution in [2.75, 3.05) is 6.61 Å². The maximum absolute atomic E-state index is 12.9. The van der Waals surface area contributed by atoms with Crippen LogP contribution in [0, 0.1) is 5.82 Å². The lowest BCUT2D eigenvalue weighted by molar-refractivity contribution is -0.119. The Morgan fingerprint density at radius 1 is 1.53 bits per heavy atom. The third kappa shape index (κ3) is 3.85. The van der Waals surface area contributed by atoms with E-state index < -0.39 is 17.8 Å². The van der Waals surface area contributed by atoms with Crippen molar-refractivity contribution in [1.29, 1.82) is 0 Å². The Kier molecular flexibility index (Phi) is 4.05. The van der Waals surface area contributed by atoms with Gasteiger partial charge in [0.05, 0.1) is 0 Å². The SMILES string of the molecule is NC(=O)C(N)COc1cc(F)cc(Br)c1. The van der Waals surface area contributed by atoms with Crippen molar-refractivity contribution in [3.63, 3.8) is 0 Å². The quantitative estimate of drug-likeness (QED) is 0.853. The van der Waals surface area contributed by atoms with Crippen LogP contribution in [0.1, 0.15) is 0 Å². The Morgan fingerprint density at radius 3 is 2.73 bits per heavy atom. The van der Waals surface area contributed by atoms with Crippen LogP contribution in [0.5, 0.6) is 5.75 Å². The van der Waals surface area contributed by atoms with Gasteiger partial charge in [-0.3, -0.25) is 4.79 Å². The second kappa shape index (κ2) is 5.09. The molecule has 0 heterocycles. The molecule has 4 N–H and O–H groups in total. The van der Waals surface area contributed by atoms with Crippen molar-refractivity contribution < 1.29 is 13.9 Å². The number of carbonyl (C=O) groups excluding carboxylic acids is 1. The van der Waals surface area contributed by atoms with Gasteiger partial charge < -0.3 is 16.2 Å². The third-order valence-electron chi connectivity index (χ3n) is 1.63. The largest absolute Gasteiger partial charge is 0.491 e. The smallest absolute Gasteiger partial charge is 0.237 e. The summed E-state index contributed by atoms with van der Waals surface area (Å²) in [5.74, 6) is -0.809. The number of hydrogen-bond donors (Lipinski definition) is 2. The molecule has 0 aromatic heterocycles. The monoisotopic (exact) mass is 276 g/mol. The molecule has 15 heavy (non-hydrogen) atoms. The zero-order chi connectivity index (χ0) is 11.4. The molecule has 0 saturated carbocycles. The summed E-state index contributed by atoms with van der Waals surface area (Å²) in [5.41, 5.74) is 10.3. The summed E-state index contributed by atoms with van der Waals surface area (Å²) in [5, 5.41) is 0. The fourth-order valence-corrected chi connectivity index (χ4v) is 1.32. The molecule has 1 atom stereocenters. The zero-order valence-corrected chi connectivity index (χ0v) is 9.33. The Morgan fingerprint density at radius 2 is 2.20 bits per heavy atom. The molecule has 6 heteroatoms. The molecule has 0 saturated heterocycles. The maximum atomic E-state index is 12.9. The van der Waals surface area contributed by atoms with Gasteiger partial charge in [0.1, 0.15) is 24.2 Å². The molecule has 1 aromatic rings. The summed E-state index contributed by atoms with van der Waals surface area (Å²) >= 11 is 3.11. The van der Waals surface area contributed by atoms with Crippen LogP contribution in [0.15, 0.2) is 22.7 Å². The average Bonchev–Trinajstić information content (AvgIpc) is 2.12. The van der Waals surface area contributed by atoms with E-state index in [-0.39, 0.29) is 6.61 Å². The van der Waals surface area contributed by atoms with Gasteiger partial charge in [0.15, 0.2) is 0 Å². The van der Waals surface area contributed by atoms with Crippen LogP contribution < -0.4 is 16.2 Å². The summed E-state index contributed by atoms with van der Waals surface area (Å²) in [7, 11) is 0. The highest BCUT2D eigenvalue weighted by Gasteiger charge is 2.10. The van der Waals surface area contributed by atoms with E-state index >= 15 is 0 Å². The van der Waals surface area contributed by atoms with Crippen LogP contribution in [-0.4, -0.2) is 18.6 Å². The molecule has 82 valence electrons. The molecule has 0 aliphatic rings. The third-order valence-corrected chi connectivity index (χ3v) is 2.09. The van der Waals surface area contributed by atoms with Crippen LogP contribution in [0.3, 0.4) is 0 Å². The number of ether oxygens (including phenoxy) is 1. The predicted molar refractivity (Wildman–Crippen MR) is 56.8 cm³/mol. The number of carbonyl (C=O) groups is 1. The molecule has 4 nitrogen and oxygen atoms in total. The Hall–Kier alpha value is -1.14. The average molecular weight is 277 g/mol.